The first-order valence-corrected chi connectivity index (χ1v) is 3.37. The number of Topliss-reactive ketones (excluding diaryl/α,β-unsaturated/α-hetero) is 1. The topological polar surface area (TPSA) is 41.1 Å². The maximum absolute atomic E-state index is 10.9. The van der Waals surface area contributed by atoms with Crippen LogP contribution in [0.1, 0.15) is 6.42 Å². The van der Waals surface area contributed by atoms with E-state index in [-0.39, 0.29) is 6.04 Å². The van der Waals surface area contributed by atoms with Crippen molar-refractivity contribution in [2.45, 2.75) is 18.5 Å². The molecule has 2 fully saturated rings. The summed E-state index contributed by atoms with van der Waals surface area (Å²) in [6.07, 6.45) is 1.11. The minimum atomic E-state index is 0.144. The summed E-state index contributed by atoms with van der Waals surface area (Å²) in [5.74, 6) is 0.331. The van der Waals surface area contributed by atoms with Crippen LogP contribution < -0.4 is 10.6 Å². The largest absolute Gasteiger partial charge is 0.306 e. The molecule has 0 unspecified atom stereocenters. The Morgan fingerprint density at radius 2 is 2.33 bits per heavy atom. The van der Waals surface area contributed by atoms with Gasteiger partial charge < -0.3 is 10.6 Å². The van der Waals surface area contributed by atoms with Crippen LogP contribution in [0, 0.1) is 0 Å². The molecule has 2 heterocycles. The van der Waals surface area contributed by atoms with E-state index in [0.29, 0.717) is 18.4 Å². The van der Waals surface area contributed by atoms with Crippen molar-refractivity contribution in [1.82, 2.24) is 10.6 Å². The Bertz CT molecular complexity index is 146. The molecule has 2 saturated heterocycles. The van der Waals surface area contributed by atoms with Crippen molar-refractivity contribution in [3.8, 4) is 0 Å². The van der Waals surface area contributed by atoms with E-state index in [2.05, 4.69) is 10.6 Å². The molecule has 2 atom stereocenters. The van der Waals surface area contributed by atoms with Crippen LogP contribution in [0.5, 0.6) is 0 Å². The first-order valence-electron chi connectivity index (χ1n) is 3.37. The van der Waals surface area contributed by atoms with Crippen LogP contribution >= 0.6 is 0 Å². The van der Waals surface area contributed by atoms with Gasteiger partial charge in [-0.05, 0) is 13.0 Å². The summed E-state index contributed by atoms with van der Waals surface area (Å²) in [6.45, 7) is 1.57. The van der Waals surface area contributed by atoms with Crippen LogP contribution in [-0.2, 0) is 4.79 Å². The van der Waals surface area contributed by atoms with Gasteiger partial charge in [0.05, 0.1) is 12.6 Å². The number of nitrogens with one attached hydrogen (secondary N) is 2. The van der Waals surface area contributed by atoms with Crippen LogP contribution in [0.4, 0.5) is 0 Å². The van der Waals surface area contributed by atoms with Crippen molar-refractivity contribution in [3.63, 3.8) is 0 Å². The zero-order valence-electron chi connectivity index (χ0n) is 5.18. The number of ketones is 1. The number of rotatable bonds is 0. The summed E-state index contributed by atoms with van der Waals surface area (Å²) in [5, 5.41) is 6.31. The molecule has 0 aromatic carbocycles. The molecule has 0 spiro atoms. The van der Waals surface area contributed by atoms with Crippen LogP contribution in [-0.4, -0.2) is 31.0 Å². The maximum Gasteiger partial charge on any atom is 0.165 e. The number of fused-ring (bicyclic) bond motifs is 1. The molecule has 0 bridgehead atoms. The van der Waals surface area contributed by atoms with E-state index >= 15 is 0 Å². The fraction of sp³-hybridized carbons (Fsp3) is 0.833. The zero-order valence-corrected chi connectivity index (χ0v) is 5.18. The molecular formula is C6H10N2O. The van der Waals surface area contributed by atoms with Gasteiger partial charge in [-0.15, -0.1) is 0 Å². The Morgan fingerprint density at radius 1 is 1.44 bits per heavy atom. The van der Waals surface area contributed by atoms with Gasteiger partial charge in [-0.25, -0.2) is 0 Å². The van der Waals surface area contributed by atoms with Gasteiger partial charge >= 0.3 is 0 Å². The van der Waals surface area contributed by atoms with Gasteiger partial charge in [-0.2, -0.15) is 0 Å². The summed E-state index contributed by atoms with van der Waals surface area (Å²) in [5.41, 5.74) is 0. The molecule has 0 aromatic heterocycles. The molecule has 9 heavy (non-hydrogen) atoms. The first kappa shape index (κ1) is 5.38. The molecule has 0 saturated carbocycles. The lowest BCUT2D eigenvalue weighted by Crippen LogP contribution is -2.33. The second-order valence-corrected chi connectivity index (χ2v) is 2.67. The van der Waals surface area contributed by atoms with Crippen molar-refractivity contribution in [2.75, 3.05) is 13.1 Å². The van der Waals surface area contributed by atoms with Gasteiger partial charge in [0.2, 0.25) is 0 Å². The Kier molecular flexibility index (Phi) is 1.07. The minimum Gasteiger partial charge on any atom is -0.306 e. The average molecular weight is 126 g/mol. The fourth-order valence-electron chi connectivity index (χ4n) is 1.60. The van der Waals surface area contributed by atoms with Gasteiger partial charge in [-0.3, -0.25) is 4.79 Å². The van der Waals surface area contributed by atoms with E-state index in [1.807, 2.05) is 0 Å². The van der Waals surface area contributed by atoms with E-state index in [0.717, 1.165) is 13.0 Å². The molecule has 0 aromatic rings. The maximum atomic E-state index is 10.9. The van der Waals surface area contributed by atoms with E-state index in [1.54, 1.807) is 0 Å². The van der Waals surface area contributed by atoms with Gasteiger partial charge in [0.1, 0.15) is 0 Å². The van der Waals surface area contributed by atoms with E-state index in [4.69, 9.17) is 0 Å². The van der Waals surface area contributed by atoms with E-state index in [1.165, 1.54) is 0 Å². The minimum absolute atomic E-state index is 0.144. The Hall–Kier alpha value is -0.410. The van der Waals surface area contributed by atoms with Gasteiger partial charge in [0.25, 0.3) is 0 Å². The lowest BCUT2D eigenvalue weighted by Gasteiger charge is -2.03. The number of hydrogen-bond acceptors (Lipinski definition) is 3. The standard InChI is InChI=1S/C6H10N2O/c9-5-3-8-4-1-2-7-6(4)5/h4,6-8H,1-3H2/t4-,6+/m0/s1. The van der Waals surface area contributed by atoms with Crippen molar-refractivity contribution >= 4 is 5.78 Å². The second kappa shape index (κ2) is 1.78. The zero-order chi connectivity index (χ0) is 6.27. The number of carbonyl (C=O) groups excluding carboxylic acids is 1. The molecule has 2 aliphatic rings. The Morgan fingerprint density at radius 3 is 3.11 bits per heavy atom. The normalized spacial score (nSPS) is 41.6. The number of hydrogen-bond donors (Lipinski definition) is 2. The molecule has 3 nitrogen and oxygen atoms in total. The van der Waals surface area contributed by atoms with Crippen molar-refractivity contribution in [3.05, 3.63) is 0 Å². The summed E-state index contributed by atoms with van der Waals surface area (Å²) in [4.78, 5) is 10.9. The highest BCUT2D eigenvalue weighted by Crippen LogP contribution is 2.12. The molecule has 0 aliphatic carbocycles. The molecular weight excluding hydrogens is 116 g/mol. The predicted octanol–water partition coefficient (Wildman–Crippen LogP) is -1.11. The molecule has 2 aliphatic heterocycles. The third-order valence-electron chi connectivity index (χ3n) is 2.11. The van der Waals surface area contributed by atoms with Gasteiger partial charge in [0, 0.05) is 6.04 Å². The van der Waals surface area contributed by atoms with E-state index in [9.17, 15) is 4.79 Å². The van der Waals surface area contributed by atoms with Crippen molar-refractivity contribution < 1.29 is 4.79 Å². The summed E-state index contributed by atoms with van der Waals surface area (Å²) >= 11 is 0. The highest BCUT2D eigenvalue weighted by Gasteiger charge is 2.37. The summed E-state index contributed by atoms with van der Waals surface area (Å²) < 4.78 is 0. The highest BCUT2D eigenvalue weighted by molar-refractivity contribution is 5.89. The monoisotopic (exact) mass is 126 g/mol. The lowest BCUT2D eigenvalue weighted by molar-refractivity contribution is -0.117. The molecule has 2 rings (SSSR count). The van der Waals surface area contributed by atoms with E-state index < -0.39 is 0 Å². The average Bonchev–Trinajstić information content (AvgIpc) is 2.35. The van der Waals surface area contributed by atoms with Crippen LogP contribution in [0.15, 0.2) is 0 Å². The first-order chi connectivity index (χ1) is 4.38. The molecule has 3 heteroatoms. The third kappa shape index (κ3) is 0.686. The highest BCUT2D eigenvalue weighted by atomic mass is 16.1. The second-order valence-electron chi connectivity index (χ2n) is 2.67. The summed E-state index contributed by atoms with van der Waals surface area (Å²) in [7, 11) is 0. The van der Waals surface area contributed by atoms with Gasteiger partial charge in [-0.1, -0.05) is 0 Å². The van der Waals surface area contributed by atoms with Crippen LogP contribution in [0.25, 0.3) is 0 Å². The third-order valence-corrected chi connectivity index (χ3v) is 2.11. The predicted molar refractivity (Wildman–Crippen MR) is 33.2 cm³/mol. The van der Waals surface area contributed by atoms with Crippen LogP contribution in [0.2, 0.25) is 0 Å². The Balaban J connectivity index is 2.15. The van der Waals surface area contributed by atoms with Crippen molar-refractivity contribution in [1.29, 1.82) is 0 Å². The number of carbonyl (C=O) groups is 1. The molecule has 0 radical (unpaired) electrons. The molecule has 50 valence electrons. The fourth-order valence-corrected chi connectivity index (χ4v) is 1.60. The molecule has 0 amide bonds. The lowest BCUT2D eigenvalue weighted by atomic mass is 10.1. The SMILES string of the molecule is O=C1CN[C@H]2CCN[C@@H]12. The van der Waals surface area contributed by atoms with Crippen molar-refractivity contribution in [2.24, 2.45) is 0 Å². The smallest absolute Gasteiger partial charge is 0.165 e. The van der Waals surface area contributed by atoms with Gasteiger partial charge in [0.15, 0.2) is 5.78 Å². The quantitative estimate of drug-likeness (QED) is 0.432. The van der Waals surface area contributed by atoms with Crippen LogP contribution in [0.3, 0.4) is 0 Å². The summed E-state index contributed by atoms with van der Waals surface area (Å²) in [6, 6.07) is 0.586. The molecule has 2 N–H and O–H groups in total. The Labute approximate surface area is 53.8 Å².